The quantitative estimate of drug-likeness (QED) is 0.708. The number of hydrogen-bond acceptors (Lipinski definition) is 4. The van der Waals surface area contributed by atoms with Gasteiger partial charge in [-0.15, -0.1) is 5.10 Å². The first-order valence-electron chi connectivity index (χ1n) is 10.0. The molecule has 150 valence electrons. The van der Waals surface area contributed by atoms with E-state index >= 15 is 0 Å². The lowest BCUT2D eigenvalue weighted by atomic mass is 9.83. The summed E-state index contributed by atoms with van der Waals surface area (Å²) in [6.07, 6.45) is 4.23. The Labute approximate surface area is 160 Å². The Balaban J connectivity index is 1.46. The number of nitrogens with zero attached hydrogens (tertiary/aromatic N) is 5. The van der Waals surface area contributed by atoms with Gasteiger partial charge in [-0.05, 0) is 51.1 Å². The van der Waals surface area contributed by atoms with Crippen molar-refractivity contribution in [3.8, 4) is 0 Å². The topological polar surface area (TPSA) is 62.1 Å². The van der Waals surface area contributed by atoms with E-state index in [1.807, 2.05) is 12.3 Å². The molecule has 28 heavy (non-hydrogen) atoms. The fourth-order valence-electron chi connectivity index (χ4n) is 5.06. The van der Waals surface area contributed by atoms with Gasteiger partial charge < -0.3 is 4.98 Å². The van der Waals surface area contributed by atoms with E-state index in [1.165, 1.54) is 0 Å². The number of H-pyrrole nitrogens is 1. The van der Waals surface area contributed by atoms with Crippen LogP contribution in [0.1, 0.15) is 56.7 Å². The van der Waals surface area contributed by atoms with Crippen LogP contribution in [0.5, 0.6) is 0 Å². The van der Waals surface area contributed by atoms with Gasteiger partial charge in [0.05, 0.1) is 12.0 Å². The molecule has 9 heteroatoms. The molecule has 3 aromatic heterocycles. The highest BCUT2D eigenvalue weighted by Gasteiger charge is 2.43. The van der Waals surface area contributed by atoms with Crippen molar-refractivity contribution < 1.29 is 13.2 Å². The Morgan fingerprint density at radius 1 is 1.07 bits per heavy atom. The number of piperidine rings is 1. The molecule has 0 aromatic carbocycles. The molecule has 1 atom stereocenters. The van der Waals surface area contributed by atoms with Crippen LogP contribution < -0.4 is 0 Å². The Hall–Kier alpha value is -2.16. The third-order valence-corrected chi connectivity index (χ3v) is 6.49. The molecule has 1 aliphatic heterocycles. The van der Waals surface area contributed by atoms with E-state index in [0.717, 1.165) is 48.1 Å². The van der Waals surface area contributed by atoms with Crippen LogP contribution in [0.25, 0.3) is 16.6 Å². The molecule has 1 saturated heterocycles. The molecule has 1 unspecified atom stereocenters. The zero-order chi connectivity index (χ0) is 19.3. The van der Waals surface area contributed by atoms with Crippen molar-refractivity contribution >= 4 is 16.6 Å². The zero-order valence-electron chi connectivity index (χ0n) is 15.5. The second kappa shape index (κ2) is 6.72. The number of alkyl halides is 3. The largest absolute Gasteiger partial charge is 0.391 e. The van der Waals surface area contributed by atoms with E-state index < -0.39 is 12.1 Å². The summed E-state index contributed by atoms with van der Waals surface area (Å²) in [7, 11) is 0. The summed E-state index contributed by atoms with van der Waals surface area (Å²) in [4.78, 5) is 9.88. The highest BCUT2D eigenvalue weighted by atomic mass is 19.4. The Kier molecular flexibility index (Phi) is 4.30. The normalized spacial score (nSPS) is 27.6. The van der Waals surface area contributed by atoms with E-state index in [-0.39, 0.29) is 24.9 Å². The zero-order valence-corrected chi connectivity index (χ0v) is 15.5. The van der Waals surface area contributed by atoms with E-state index in [9.17, 15) is 13.2 Å². The molecule has 1 saturated carbocycles. The van der Waals surface area contributed by atoms with Crippen LogP contribution in [0.4, 0.5) is 13.2 Å². The molecule has 4 heterocycles. The fraction of sp³-hybridized carbons (Fsp3) is 0.632. The van der Waals surface area contributed by atoms with E-state index in [2.05, 4.69) is 25.2 Å². The summed E-state index contributed by atoms with van der Waals surface area (Å²) in [5.41, 5.74) is 2.67. The van der Waals surface area contributed by atoms with Crippen molar-refractivity contribution in [2.45, 2.75) is 63.2 Å². The van der Waals surface area contributed by atoms with Crippen LogP contribution in [-0.2, 0) is 0 Å². The number of hydrogen-bond donors (Lipinski definition) is 1. The maximum atomic E-state index is 13.1. The number of likely N-dealkylation sites (tertiary alicyclic amines) is 1. The number of aromatic amines is 1. The monoisotopic (exact) mass is 392 g/mol. The molecule has 3 aromatic rings. The van der Waals surface area contributed by atoms with Gasteiger partial charge >= 0.3 is 6.18 Å². The van der Waals surface area contributed by atoms with Crippen LogP contribution in [0.3, 0.4) is 0 Å². The maximum Gasteiger partial charge on any atom is 0.391 e. The molecule has 2 fully saturated rings. The van der Waals surface area contributed by atoms with Crippen molar-refractivity contribution in [2.75, 3.05) is 6.54 Å². The van der Waals surface area contributed by atoms with Gasteiger partial charge in [0.1, 0.15) is 23.2 Å². The lowest BCUT2D eigenvalue weighted by Gasteiger charge is -2.43. The highest BCUT2D eigenvalue weighted by molar-refractivity contribution is 5.92. The van der Waals surface area contributed by atoms with Gasteiger partial charge in [0, 0.05) is 17.6 Å². The minimum Gasteiger partial charge on any atom is -0.346 e. The number of fused-ring (bicyclic) bond motifs is 3. The molecule has 0 bridgehead atoms. The van der Waals surface area contributed by atoms with Crippen LogP contribution >= 0.6 is 0 Å². The molecule has 6 nitrogen and oxygen atoms in total. The van der Waals surface area contributed by atoms with Crippen molar-refractivity contribution in [1.29, 1.82) is 0 Å². The summed E-state index contributed by atoms with van der Waals surface area (Å²) in [6, 6.07) is 2.26. The SMILES string of the molecule is FC(F)(F)C1CCC(N2CCCCC2c2nnn3cnc4[nH]ccc4c23)CC1. The van der Waals surface area contributed by atoms with Crippen molar-refractivity contribution in [3.05, 3.63) is 24.3 Å². The molecule has 2 aliphatic rings. The van der Waals surface area contributed by atoms with Crippen LogP contribution in [-0.4, -0.2) is 48.5 Å². The second-order valence-electron chi connectivity index (χ2n) is 8.05. The molecule has 1 aliphatic carbocycles. The molecular weight excluding hydrogens is 369 g/mol. The fourth-order valence-corrected chi connectivity index (χ4v) is 5.06. The summed E-state index contributed by atoms with van der Waals surface area (Å²) in [6.45, 7) is 0.909. The third kappa shape index (κ3) is 2.96. The van der Waals surface area contributed by atoms with E-state index in [1.54, 1.807) is 10.8 Å². The molecule has 5 rings (SSSR count). The first kappa shape index (κ1) is 17.9. The average Bonchev–Trinajstić information content (AvgIpc) is 3.33. The number of rotatable bonds is 2. The molecule has 0 spiro atoms. The third-order valence-electron chi connectivity index (χ3n) is 6.49. The van der Waals surface area contributed by atoms with Crippen molar-refractivity contribution in [1.82, 2.24) is 29.7 Å². The van der Waals surface area contributed by atoms with E-state index in [4.69, 9.17) is 0 Å². The average molecular weight is 392 g/mol. The second-order valence-corrected chi connectivity index (χ2v) is 8.05. The number of nitrogens with one attached hydrogen (secondary N) is 1. The maximum absolute atomic E-state index is 13.1. The predicted octanol–water partition coefficient (Wildman–Crippen LogP) is 4.25. The Bertz CT molecular complexity index is 969. The van der Waals surface area contributed by atoms with Gasteiger partial charge in [0.2, 0.25) is 0 Å². The Morgan fingerprint density at radius 2 is 1.89 bits per heavy atom. The van der Waals surface area contributed by atoms with Crippen molar-refractivity contribution in [3.63, 3.8) is 0 Å². The molecule has 0 radical (unpaired) electrons. The molecule has 1 N–H and O–H groups in total. The van der Waals surface area contributed by atoms with Gasteiger partial charge in [-0.3, -0.25) is 4.90 Å². The first-order valence-corrected chi connectivity index (χ1v) is 10.0. The Morgan fingerprint density at radius 3 is 2.68 bits per heavy atom. The molecule has 0 amide bonds. The summed E-state index contributed by atoms with van der Waals surface area (Å²) in [5.74, 6) is -1.15. The number of halogens is 3. The van der Waals surface area contributed by atoms with Crippen LogP contribution in [0.15, 0.2) is 18.6 Å². The summed E-state index contributed by atoms with van der Waals surface area (Å²) < 4.78 is 40.9. The number of aromatic nitrogens is 5. The summed E-state index contributed by atoms with van der Waals surface area (Å²) in [5, 5.41) is 9.73. The van der Waals surface area contributed by atoms with E-state index in [0.29, 0.717) is 12.8 Å². The van der Waals surface area contributed by atoms with Crippen LogP contribution in [0.2, 0.25) is 0 Å². The standard InChI is InChI=1S/C19H23F3N6/c20-19(21,22)12-4-6-13(7-5-12)27-10-2-1-3-15(27)16-17-14-8-9-23-18(14)24-11-28(17)26-25-16/h8-9,11-13,15,23H,1-7,10H2. The van der Waals surface area contributed by atoms with Gasteiger partial charge in [-0.25, -0.2) is 9.50 Å². The van der Waals surface area contributed by atoms with Gasteiger partial charge in [0.25, 0.3) is 0 Å². The predicted molar refractivity (Wildman–Crippen MR) is 97.7 cm³/mol. The van der Waals surface area contributed by atoms with Gasteiger partial charge in [-0.2, -0.15) is 13.2 Å². The van der Waals surface area contributed by atoms with Gasteiger partial charge in [0.15, 0.2) is 0 Å². The van der Waals surface area contributed by atoms with Gasteiger partial charge in [-0.1, -0.05) is 11.6 Å². The van der Waals surface area contributed by atoms with Crippen LogP contribution in [0, 0.1) is 5.92 Å². The minimum absolute atomic E-state index is 0.0965. The van der Waals surface area contributed by atoms with Crippen molar-refractivity contribution in [2.24, 2.45) is 5.92 Å². The smallest absolute Gasteiger partial charge is 0.346 e. The minimum atomic E-state index is -4.07. The molecular formula is C19H23F3N6. The first-order chi connectivity index (χ1) is 13.5. The lowest BCUT2D eigenvalue weighted by molar-refractivity contribution is -0.185. The lowest BCUT2D eigenvalue weighted by Crippen LogP contribution is -2.44. The summed E-state index contributed by atoms with van der Waals surface area (Å²) >= 11 is 0. The highest BCUT2D eigenvalue weighted by Crippen LogP contribution is 2.42.